The van der Waals surface area contributed by atoms with E-state index >= 15 is 4.39 Å². The fraction of sp³-hybridized carbons (Fsp3) is 0.400. The van der Waals surface area contributed by atoms with Crippen molar-refractivity contribution in [2.45, 2.75) is 76.6 Å². The number of benzene rings is 2. The maximum absolute atomic E-state index is 17.2. The van der Waals surface area contributed by atoms with E-state index in [0.29, 0.717) is 64.0 Å². The number of halogens is 3. The number of carbonyl (C=O) groups is 1. The number of hydrogen-bond acceptors (Lipinski definition) is 6. The normalized spacial score (nSPS) is 23.9. The number of rotatable bonds is 8. The van der Waals surface area contributed by atoms with Crippen LogP contribution in [0.5, 0.6) is 5.88 Å². The number of nitriles is 1. The first-order valence-electron chi connectivity index (χ1n) is 17.8. The second kappa shape index (κ2) is 12.5. The van der Waals surface area contributed by atoms with Crippen LogP contribution in [-0.2, 0) is 11.2 Å². The van der Waals surface area contributed by atoms with Crippen molar-refractivity contribution in [1.29, 1.82) is 5.26 Å². The summed E-state index contributed by atoms with van der Waals surface area (Å²) in [4.78, 5) is 25.4. The lowest BCUT2D eigenvalue weighted by molar-refractivity contribution is -0.133. The average molecular weight is 724 g/mol. The molecular formula is C40H37Cl2FN6O2. The number of carbonyl (C=O) groups excluding carboxylic acids is 1. The molecule has 3 saturated heterocycles. The molecule has 3 aliphatic heterocycles. The van der Waals surface area contributed by atoms with Crippen molar-refractivity contribution >= 4 is 50.9 Å². The molecule has 10 rings (SSSR count). The smallest absolute Gasteiger partial charge is 0.226 e. The van der Waals surface area contributed by atoms with Gasteiger partial charge in [0, 0.05) is 76.9 Å². The maximum atomic E-state index is 17.2. The van der Waals surface area contributed by atoms with Gasteiger partial charge in [-0.15, -0.1) is 0 Å². The molecule has 11 heteroatoms. The van der Waals surface area contributed by atoms with E-state index in [1.807, 2.05) is 36.9 Å². The van der Waals surface area contributed by atoms with Crippen molar-refractivity contribution in [2.24, 2.45) is 11.8 Å². The van der Waals surface area contributed by atoms with Crippen LogP contribution in [-0.4, -0.2) is 50.6 Å². The number of amides is 1. The van der Waals surface area contributed by atoms with Crippen LogP contribution >= 0.6 is 23.2 Å². The summed E-state index contributed by atoms with van der Waals surface area (Å²) in [6, 6.07) is 15.7. The summed E-state index contributed by atoms with van der Waals surface area (Å²) in [5.41, 5.74) is 5.44. The highest BCUT2D eigenvalue weighted by Gasteiger charge is 2.51. The van der Waals surface area contributed by atoms with Gasteiger partial charge in [0.25, 0.3) is 0 Å². The lowest BCUT2D eigenvalue weighted by Crippen LogP contribution is -2.41. The molecule has 2 aromatic carbocycles. The molecular weight excluding hydrogens is 686 g/mol. The zero-order chi connectivity index (χ0) is 35.1. The van der Waals surface area contributed by atoms with E-state index in [-0.39, 0.29) is 53.0 Å². The number of likely N-dealkylation sites (tertiary alicyclic amines) is 1. The predicted molar refractivity (Wildman–Crippen MR) is 195 cm³/mol. The van der Waals surface area contributed by atoms with Gasteiger partial charge < -0.3 is 19.5 Å². The highest BCUT2D eigenvalue weighted by Crippen LogP contribution is 2.51. The molecule has 5 aliphatic rings. The molecule has 1 amide bonds. The van der Waals surface area contributed by atoms with Crippen molar-refractivity contribution < 1.29 is 13.9 Å². The predicted octanol–water partition coefficient (Wildman–Crippen LogP) is 8.43. The van der Waals surface area contributed by atoms with E-state index in [2.05, 4.69) is 27.0 Å². The number of aryl methyl sites for hydroxylation is 3. The average Bonchev–Trinajstić information content (AvgIpc) is 3.39. The first kappa shape index (κ1) is 32.7. The van der Waals surface area contributed by atoms with Crippen LogP contribution in [0.15, 0.2) is 48.7 Å². The van der Waals surface area contributed by atoms with E-state index in [0.717, 1.165) is 48.0 Å². The molecule has 260 valence electrons. The minimum Gasteiger partial charge on any atom is -0.472 e. The summed E-state index contributed by atoms with van der Waals surface area (Å²) < 4.78 is 26.0. The number of fused-ring (bicyclic) bond motifs is 4. The number of aromatic nitrogens is 3. The molecule has 2 saturated carbocycles. The maximum Gasteiger partial charge on any atom is 0.226 e. The third kappa shape index (κ3) is 5.37. The lowest BCUT2D eigenvalue weighted by atomic mass is 9.79. The van der Waals surface area contributed by atoms with Crippen LogP contribution in [0.4, 0.5) is 4.39 Å². The zero-order valence-electron chi connectivity index (χ0n) is 28.4. The Morgan fingerprint density at radius 3 is 2.71 bits per heavy atom. The molecule has 2 aliphatic carbocycles. The van der Waals surface area contributed by atoms with Gasteiger partial charge in [0.2, 0.25) is 11.8 Å². The van der Waals surface area contributed by atoms with Crippen molar-refractivity contribution in [3.05, 3.63) is 87.0 Å². The van der Waals surface area contributed by atoms with Gasteiger partial charge in [0.05, 0.1) is 40.3 Å². The van der Waals surface area contributed by atoms with Gasteiger partial charge in [-0.25, -0.2) is 14.4 Å². The van der Waals surface area contributed by atoms with Crippen molar-refractivity contribution in [1.82, 2.24) is 24.8 Å². The van der Waals surface area contributed by atoms with E-state index in [1.54, 1.807) is 24.4 Å². The first-order chi connectivity index (χ1) is 24.7. The molecule has 5 unspecified atom stereocenters. The van der Waals surface area contributed by atoms with Crippen molar-refractivity contribution in [3.8, 4) is 23.1 Å². The number of nitrogens with zero attached hydrogens (tertiary/aromatic N) is 5. The van der Waals surface area contributed by atoms with E-state index in [4.69, 9.17) is 32.9 Å². The quantitative estimate of drug-likeness (QED) is 0.173. The third-order valence-electron chi connectivity index (χ3n) is 11.4. The Bertz CT molecular complexity index is 2280. The van der Waals surface area contributed by atoms with Gasteiger partial charge in [0.1, 0.15) is 11.6 Å². The highest BCUT2D eigenvalue weighted by molar-refractivity contribution is 6.43. The van der Waals surface area contributed by atoms with Crippen LogP contribution in [0.2, 0.25) is 10.0 Å². The Kier molecular flexibility index (Phi) is 7.99. The largest absolute Gasteiger partial charge is 0.472 e. The summed E-state index contributed by atoms with van der Waals surface area (Å²) in [6.45, 7) is 5.32. The molecule has 5 aromatic rings. The standard InChI is InChI=1S/C40H37Cl2FN6O2/c1-20-10-12-45-33(13-20)51-25-16-31(48(19-25)40(50)22-8-9-22)32-17-27-21(2)47-37-28(39(27)49(32)38-24-15-30(38)46-18-24)14-23(5-4-11-44)34(36(37)43)26-6-3-7-29(41)35(26)42/h3,6-7,10,12-14,17,22,24-25,30-31,38,46H,4-5,8-9,15-16,18-19H2,1-2H3. The van der Waals surface area contributed by atoms with E-state index in [1.165, 1.54) is 0 Å². The molecule has 51 heavy (non-hydrogen) atoms. The fourth-order valence-electron chi connectivity index (χ4n) is 8.81. The second-order valence-corrected chi connectivity index (χ2v) is 15.5. The van der Waals surface area contributed by atoms with Crippen LogP contribution in [0, 0.1) is 42.8 Å². The Morgan fingerprint density at radius 2 is 1.98 bits per heavy atom. The summed E-state index contributed by atoms with van der Waals surface area (Å²) in [6.07, 6.45) is 5.56. The van der Waals surface area contributed by atoms with Crippen LogP contribution in [0.3, 0.4) is 0 Å². The summed E-state index contributed by atoms with van der Waals surface area (Å²) in [5, 5.41) is 15.5. The van der Waals surface area contributed by atoms with Crippen molar-refractivity contribution in [2.75, 3.05) is 13.1 Å². The van der Waals surface area contributed by atoms with Gasteiger partial charge >= 0.3 is 0 Å². The van der Waals surface area contributed by atoms with E-state index in [9.17, 15) is 10.1 Å². The summed E-state index contributed by atoms with van der Waals surface area (Å²) >= 11 is 13.1. The molecule has 6 heterocycles. The number of hydrogen-bond donors (Lipinski definition) is 1. The van der Waals surface area contributed by atoms with Crippen LogP contribution in [0.25, 0.3) is 32.9 Å². The van der Waals surface area contributed by atoms with Gasteiger partial charge in [-0.1, -0.05) is 35.3 Å². The molecule has 0 spiro atoms. The van der Waals surface area contributed by atoms with Crippen LogP contribution < -0.4 is 10.1 Å². The van der Waals surface area contributed by atoms with Gasteiger partial charge in [-0.2, -0.15) is 5.26 Å². The Hall–Kier alpha value is -4.23. The minimum atomic E-state index is -0.482. The summed E-state index contributed by atoms with van der Waals surface area (Å²) in [7, 11) is 0. The number of ether oxygens (including phenoxy) is 1. The first-order valence-corrected chi connectivity index (χ1v) is 18.6. The Labute approximate surface area is 305 Å². The second-order valence-electron chi connectivity index (χ2n) is 14.7. The van der Waals surface area contributed by atoms with Gasteiger partial charge in [0.15, 0.2) is 5.82 Å². The van der Waals surface area contributed by atoms with Gasteiger partial charge in [-0.3, -0.25) is 4.79 Å². The zero-order valence-corrected chi connectivity index (χ0v) is 29.9. The molecule has 3 aromatic heterocycles. The number of nitrogens with one attached hydrogen (secondary N) is 1. The minimum absolute atomic E-state index is 0.0421. The Balaban J connectivity index is 1.26. The van der Waals surface area contributed by atoms with E-state index < -0.39 is 5.82 Å². The number of pyridine rings is 2. The van der Waals surface area contributed by atoms with Gasteiger partial charge in [-0.05, 0) is 80.8 Å². The highest BCUT2D eigenvalue weighted by atomic mass is 35.5. The molecule has 5 fully saturated rings. The molecule has 0 radical (unpaired) electrons. The molecule has 1 N–H and O–H groups in total. The Morgan fingerprint density at radius 1 is 1.14 bits per heavy atom. The third-order valence-corrected chi connectivity index (χ3v) is 12.2. The van der Waals surface area contributed by atoms with Crippen LogP contribution in [0.1, 0.15) is 66.7 Å². The fourth-order valence-corrected chi connectivity index (χ4v) is 9.21. The molecule has 8 nitrogen and oxygen atoms in total. The topological polar surface area (TPSA) is 96.1 Å². The molecule has 5 atom stereocenters. The monoisotopic (exact) mass is 722 g/mol. The lowest BCUT2D eigenvalue weighted by Gasteiger charge is -2.39. The molecule has 2 bridgehead atoms. The SMILES string of the molecule is Cc1ccnc(OC2CC(c3cc4c(C)nc5c(F)c(-c6cccc(Cl)c6Cl)c(CCC#N)cc5c4n3C3C4CNC3C4)N(C(=O)C3CC3)C2)c1. The summed E-state index contributed by atoms with van der Waals surface area (Å²) in [5.74, 6) is 0.702. The van der Waals surface area contributed by atoms with Crippen molar-refractivity contribution in [3.63, 3.8) is 0 Å².